The largest absolute Gasteiger partial charge is 0.269 e. The van der Waals surface area contributed by atoms with Gasteiger partial charge in [0.25, 0.3) is 23.6 Å². The van der Waals surface area contributed by atoms with E-state index < -0.39 is 79.9 Å². The summed E-state index contributed by atoms with van der Waals surface area (Å²) in [5.74, 6) is -12.5. The second-order valence-electron chi connectivity index (χ2n) is 8.17. The van der Waals surface area contributed by atoms with Gasteiger partial charge in [0.15, 0.2) is 23.3 Å². The van der Waals surface area contributed by atoms with E-state index in [1.807, 2.05) is 0 Å². The lowest BCUT2D eigenvalue weighted by Crippen LogP contribution is -2.45. The molecule has 0 saturated carbocycles. The van der Waals surface area contributed by atoms with Crippen molar-refractivity contribution in [3.8, 4) is 0 Å². The number of rotatable bonds is 2. The molecule has 0 N–H and O–H groups in total. The van der Waals surface area contributed by atoms with Crippen molar-refractivity contribution >= 4 is 67.1 Å². The van der Waals surface area contributed by atoms with Crippen molar-refractivity contribution in [1.82, 2.24) is 0 Å². The fourth-order valence-electron chi connectivity index (χ4n) is 4.55. The van der Waals surface area contributed by atoms with Crippen molar-refractivity contribution in [1.29, 1.82) is 0 Å². The zero-order chi connectivity index (χ0) is 25.8. The van der Waals surface area contributed by atoms with Gasteiger partial charge in [0.1, 0.15) is 10.0 Å². The first-order valence-corrected chi connectivity index (χ1v) is 11.9. The van der Waals surface area contributed by atoms with E-state index >= 15 is 17.6 Å². The number of halogens is 4. The van der Waals surface area contributed by atoms with E-state index in [9.17, 15) is 19.2 Å². The molecule has 0 unspecified atom stereocenters. The molecule has 2 aromatic carbocycles. The van der Waals surface area contributed by atoms with Crippen LogP contribution in [-0.4, -0.2) is 23.6 Å². The van der Waals surface area contributed by atoms with E-state index in [1.165, 1.54) is 12.1 Å². The summed E-state index contributed by atoms with van der Waals surface area (Å²) in [7, 11) is 0. The van der Waals surface area contributed by atoms with Crippen LogP contribution in [0.25, 0.3) is 10.8 Å². The van der Waals surface area contributed by atoms with Crippen LogP contribution in [0.3, 0.4) is 0 Å². The number of thiophene rings is 2. The summed E-state index contributed by atoms with van der Waals surface area (Å²) in [5, 5.41) is -1.65. The number of hydrogen-bond donors (Lipinski definition) is 0. The number of hydrogen-bond acceptors (Lipinski definition) is 6. The smallest absolute Gasteiger partial charge is 0.268 e. The number of carbonyl (C=O) groups is 4. The standard InChI is InChI=1S/C24H10F4N2O4S2/c1-7-3-5-9(35-7)29-21(31)13-11-12-15(19(27)17(13)25)23(33)30(10-6-4-8(2)36-10)24(34)16(12)20(28)18(26)14(11)22(29)32/h3-6H,1-2H3. The second-order valence-corrected chi connectivity index (χ2v) is 10.7. The van der Waals surface area contributed by atoms with E-state index in [1.54, 1.807) is 26.0 Å². The lowest BCUT2D eigenvalue weighted by atomic mass is 9.84. The summed E-state index contributed by atoms with van der Waals surface area (Å²) in [4.78, 5) is 55.3. The van der Waals surface area contributed by atoms with Crippen LogP contribution in [0.5, 0.6) is 0 Å². The predicted octanol–water partition coefficient (Wildman–Crippen LogP) is 5.74. The molecular formula is C24H10F4N2O4S2. The summed E-state index contributed by atoms with van der Waals surface area (Å²) in [6.07, 6.45) is 0. The van der Waals surface area contributed by atoms with E-state index in [-0.39, 0.29) is 10.0 Å². The van der Waals surface area contributed by atoms with Crippen LogP contribution < -0.4 is 9.80 Å². The highest BCUT2D eigenvalue weighted by Crippen LogP contribution is 2.45. The highest BCUT2D eigenvalue weighted by molar-refractivity contribution is 7.16. The van der Waals surface area contributed by atoms with Crippen LogP contribution in [0.4, 0.5) is 27.6 Å². The van der Waals surface area contributed by atoms with E-state index in [0.717, 1.165) is 22.7 Å². The number of anilines is 2. The van der Waals surface area contributed by atoms with E-state index in [0.29, 0.717) is 19.6 Å². The van der Waals surface area contributed by atoms with Crippen molar-refractivity contribution < 1.29 is 36.7 Å². The first-order chi connectivity index (χ1) is 17.0. The summed E-state index contributed by atoms with van der Waals surface area (Å²) >= 11 is 1.89. The Hall–Kier alpha value is -3.90. The number of imide groups is 2. The van der Waals surface area contributed by atoms with Gasteiger partial charge in [-0.15, -0.1) is 22.7 Å². The molecule has 4 aromatic rings. The zero-order valence-electron chi connectivity index (χ0n) is 18.2. The van der Waals surface area contributed by atoms with Crippen molar-refractivity contribution in [2.75, 3.05) is 9.80 Å². The maximum Gasteiger partial charge on any atom is 0.269 e. The molecule has 0 bridgehead atoms. The molecule has 2 aliphatic rings. The van der Waals surface area contributed by atoms with Crippen LogP contribution in [-0.2, 0) is 0 Å². The average Bonchev–Trinajstić information content (AvgIpc) is 3.43. The number of aryl methyl sites for hydroxylation is 2. The number of carbonyl (C=O) groups excluding carboxylic acids is 4. The molecule has 6 nitrogen and oxygen atoms in total. The third-order valence-electron chi connectivity index (χ3n) is 6.07. The molecular weight excluding hydrogens is 520 g/mol. The lowest BCUT2D eigenvalue weighted by Gasteiger charge is -2.32. The molecule has 0 radical (unpaired) electrons. The van der Waals surface area contributed by atoms with E-state index in [2.05, 4.69) is 0 Å². The number of nitrogens with zero attached hydrogens (tertiary/aromatic N) is 2. The monoisotopic (exact) mass is 530 g/mol. The molecule has 0 atom stereocenters. The Kier molecular flexibility index (Phi) is 4.58. The molecule has 0 fully saturated rings. The van der Waals surface area contributed by atoms with Gasteiger partial charge in [-0.1, -0.05) is 0 Å². The third kappa shape index (κ3) is 2.65. The fourth-order valence-corrected chi connectivity index (χ4v) is 6.27. The van der Waals surface area contributed by atoms with Crippen molar-refractivity contribution in [2.45, 2.75) is 13.8 Å². The highest BCUT2D eigenvalue weighted by Gasteiger charge is 2.48. The van der Waals surface area contributed by atoms with Gasteiger partial charge in [0.2, 0.25) is 0 Å². The topological polar surface area (TPSA) is 74.8 Å². The Morgan fingerprint density at radius 1 is 0.528 bits per heavy atom. The van der Waals surface area contributed by atoms with Gasteiger partial charge in [-0.3, -0.25) is 19.2 Å². The Balaban J connectivity index is 1.74. The lowest BCUT2D eigenvalue weighted by molar-refractivity contribution is 0.0864. The molecule has 6 rings (SSSR count). The van der Waals surface area contributed by atoms with Crippen LogP contribution in [0.1, 0.15) is 51.2 Å². The van der Waals surface area contributed by atoms with E-state index in [4.69, 9.17) is 0 Å². The average molecular weight is 530 g/mol. The normalized spacial score (nSPS) is 15.1. The van der Waals surface area contributed by atoms with Gasteiger partial charge in [-0.2, -0.15) is 0 Å². The Bertz CT molecular complexity index is 1550. The van der Waals surface area contributed by atoms with Gasteiger partial charge in [0, 0.05) is 20.5 Å². The molecule has 4 amide bonds. The minimum Gasteiger partial charge on any atom is -0.268 e. The van der Waals surface area contributed by atoms with Gasteiger partial charge in [-0.05, 0) is 38.1 Å². The fraction of sp³-hybridized carbons (Fsp3) is 0.0833. The van der Waals surface area contributed by atoms with Crippen LogP contribution in [0.2, 0.25) is 0 Å². The molecule has 12 heteroatoms. The molecule has 0 spiro atoms. The Labute approximate surface area is 207 Å². The summed E-state index contributed by atoms with van der Waals surface area (Å²) < 4.78 is 61.8. The van der Waals surface area contributed by atoms with Gasteiger partial charge >= 0.3 is 0 Å². The number of benzene rings is 2. The molecule has 0 aliphatic carbocycles. The third-order valence-corrected chi connectivity index (χ3v) is 8.05. The zero-order valence-corrected chi connectivity index (χ0v) is 19.8. The second kappa shape index (κ2) is 7.31. The first-order valence-electron chi connectivity index (χ1n) is 10.3. The predicted molar refractivity (Wildman–Crippen MR) is 124 cm³/mol. The van der Waals surface area contributed by atoms with Crippen LogP contribution >= 0.6 is 22.7 Å². The SMILES string of the molecule is Cc1ccc(N2C(=O)c3c(F)c(F)c4c5c(c(F)c(F)c(c35)C2=O)C(=O)N(c2ccc(C)s2)C4=O)s1. The van der Waals surface area contributed by atoms with Gasteiger partial charge in [-0.25, -0.2) is 27.4 Å². The quantitative estimate of drug-likeness (QED) is 0.245. The Morgan fingerprint density at radius 3 is 1.03 bits per heavy atom. The molecule has 2 aliphatic heterocycles. The molecule has 36 heavy (non-hydrogen) atoms. The van der Waals surface area contributed by atoms with Gasteiger partial charge < -0.3 is 0 Å². The van der Waals surface area contributed by atoms with Crippen molar-refractivity contribution in [3.63, 3.8) is 0 Å². The highest BCUT2D eigenvalue weighted by atomic mass is 32.1. The number of amides is 4. The maximum atomic E-state index is 15.5. The van der Waals surface area contributed by atoms with Gasteiger partial charge in [0.05, 0.1) is 22.3 Å². The minimum absolute atomic E-state index is 0.0208. The van der Waals surface area contributed by atoms with Crippen LogP contribution in [0.15, 0.2) is 24.3 Å². The summed E-state index contributed by atoms with van der Waals surface area (Å²) in [5.41, 5.74) is -4.25. The minimum atomic E-state index is -1.81. The summed E-state index contributed by atoms with van der Waals surface area (Å²) in [6, 6.07) is 5.78. The maximum absolute atomic E-state index is 15.5. The molecule has 180 valence electrons. The molecule has 4 heterocycles. The summed E-state index contributed by atoms with van der Waals surface area (Å²) in [6.45, 7) is 3.32. The van der Waals surface area contributed by atoms with Crippen molar-refractivity contribution in [2.24, 2.45) is 0 Å². The van der Waals surface area contributed by atoms with Crippen LogP contribution in [0, 0.1) is 37.1 Å². The molecule has 2 aromatic heterocycles. The first kappa shape index (κ1) is 22.6. The Morgan fingerprint density at radius 2 is 0.806 bits per heavy atom. The molecule has 0 saturated heterocycles. The van der Waals surface area contributed by atoms with Crippen molar-refractivity contribution in [3.05, 3.63) is 79.5 Å².